The largest absolute Gasteiger partial charge is 0.493 e. The predicted octanol–water partition coefficient (Wildman–Crippen LogP) is 6.09. The van der Waals surface area contributed by atoms with Crippen LogP contribution in [0.3, 0.4) is 0 Å². The predicted molar refractivity (Wildman–Crippen MR) is 139 cm³/mol. The zero-order valence-corrected chi connectivity index (χ0v) is 20.6. The lowest BCUT2D eigenvalue weighted by atomic mass is 9.90. The Balaban J connectivity index is 1.37. The van der Waals surface area contributed by atoms with Gasteiger partial charge in [0.1, 0.15) is 23.9 Å². The molecule has 1 aliphatic rings. The normalized spacial score (nSPS) is 13.9. The molecule has 0 spiro atoms. The van der Waals surface area contributed by atoms with Crippen molar-refractivity contribution >= 4 is 11.6 Å². The van der Waals surface area contributed by atoms with Crippen molar-refractivity contribution in [2.45, 2.75) is 38.7 Å². The maximum atomic E-state index is 12.5. The third-order valence-corrected chi connectivity index (χ3v) is 6.60. The van der Waals surface area contributed by atoms with Gasteiger partial charge >= 0.3 is 5.69 Å². The van der Waals surface area contributed by atoms with Crippen molar-refractivity contribution in [1.82, 2.24) is 19.9 Å². The monoisotopic (exact) mass is 502 g/mol. The van der Waals surface area contributed by atoms with Crippen molar-refractivity contribution < 1.29 is 9.47 Å². The van der Waals surface area contributed by atoms with E-state index in [1.165, 1.54) is 32.1 Å². The second-order valence-electron chi connectivity index (χ2n) is 8.89. The van der Waals surface area contributed by atoms with Crippen LogP contribution >= 0.6 is 11.6 Å². The Morgan fingerprint density at radius 3 is 2.53 bits per heavy atom. The van der Waals surface area contributed by atoms with Crippen molar-refractivity contribution in [2.75, 3.05) is 6.61 Å². The minimum atomic E-state index is -0.525. The van der Waals surface area contributed by atoms with Gasteiger partial charge in [-0.25, -0.2) is 9.78 Å². The molecule has 0 atom stereocenters. The van der Waals surface area contributed by atoms with Crippen LogP contribution in [0.1, 0.15) is 37.8 Å². The summed E-state index contributed by atoms with van der Waals surface area (Å²) in [6.45, 7) is 0.984. The SMILES string of the molecule is O=c1nc(-c2ccc(OCC3CCCCC3)cc2)nc(-c2c(Cl)cccc2OCc2ccccn2)[nH]1. The topological polar surface area (TPSA) is 90.0 Å². The number of nitrogens with one attached hydrogen (secondary N) is 1. The number of nitrogens with zero attached hydrogens (tertiary/aromatic N) is 3. The number of halogens is 1. The molecule has 4 aromatic rings. The summed E-state index contributed by atoms with van der Waals surface area (Å²) in [5.41, 5.74) is 1.44. The van der Waals surface area contributed by atoms with Crippen LogP contribution in [0, 0.1) is 5.92 Å². The Labute approximate surface area is 214 Å². The van der Waals surface area contributed by atoms with Gasteiger partial charge in [0.05, 0.1) is 22.9 Å². The summed E-state index contributed by atoms with van der Waals surface area (Å²) in [5, 5.41) is 0.403. The van der Waals surface area contributed by atoms with E-state index < -0.39 is 5.69 Å². The highest BCUT2D eigenvalue weighted by atomic mass is 35.5. The summed E-state index contributed by atoms with van der Waals surface area (Å²) >= 11 is 6.52. The van der Waals surface area contributed by atoms with Gasteiger partial charge in [-0.3, -0.25) is 9.97 Å². The first-order valence-electron chi connectivity index (χ1n) is 12.2. The summed E-state index contributed by atoms with van der Waals surface area (Å²) in [6, 6.07) is 18.4. The summed E-state index contributed by atoms with van der Waals surface area (Å²) in [4.78, 5) is 28.1. The van der Waals surface area contributed by atoms with Crippen LogP contribution in [0.25, 0.3) is 22.8 Å². The number of H-pyrrole nitrogens is 1. The summed E-state index contributed by atoms with van der Waals surface area (Å²) in [5.74, 6) is 2.49. The third-order valence-electron chi connectivity index (χ3n) is 6.29. The highest BCUT2D eigenvalue weighted by Gasteiger charge is 2.17. The van der Waals surface area contributed by atoms with E-state index in [4.69, 9.17) is 21.1 Å². The van der Waals surface area contributed by atoms with Gasteiger partial charge < -0.3 is 9.47 Å². The number of aromatic nitrogens is 4. The van der Waals surface area contributed by atoms with Gasteiger partial charge in [0, 0.05) is 11.8 Å². The van der Waals surface area contributed by atoms with Crippen LogP contribution in [0.2, 0.25) is 5.02 Å². The van der Waals surface area contributed by atoms with Crippen molar-refractivity contribution in [3.63, 3.8) is 0 Å². The van der Waals surface area contributed by atoms with E-state index in [-0.39, 0.29) is 12.4 Å². The highest BCUT2D eigenvalue weighted by Crippen LogP contribution is 2.35. The van der Waals surface area contributed by atoms with Crippen molar-refractivity contribution in [3.05, 3.63) is 88.1 Å². The Bertz CT molecular complexity index is 1350. The maximum Gasteiger partial charge on any atom is 0.348 e. The molecule has 0 saturated heterocycles. The minimum Gasteiger partial charge on any atom is -0.493 e. The van der Waals surface area contributed by atoms with E-state index in [9.17, 15) is 4.79 Å². The van der Waals surface area contributed by atoms with E-state index in [2.05, 4.69) is 19.9 Å². The zero-order chi connectivity index (χ0) is 24.7. The average Bonchev–Trinajstić information content (AvgIpc) is 2.92. The lowest BCUT2D eigenvalue weighted by molar-refractivity contribution is 0.209. The molecule has 1 N–H and O–H groups in total. The molecule has 2 aromatic heterocycles. The second-order valence-corrected chi connectivity index (χ2v) is 9.30. The van der Waals surface area contributed by atoms with Gasteiger partial charge in [-0.15, -0.1) is 0 Å². The molecule has 0 unspecified atom stereocenters. The number of ether oxygens (including phenoxy) is 2. The second kappa shape index (κ2) is 11.4. The molecule has 1 fully saturated rings. The fraction of sp³-hybridized carbons (Fsp3) is 0.286. The van der Waals surface area contributed by atoms with Gasteiger partial charge in [-0.2, -0.15) is 4.98 Å². The number of rotatable bonds is 8. The first-order valence-corrected chi connectivity index (χ1v) is 12.6. The molecule has 2 heterocycles. The number of pyridine rings is 1. The molecule has 1 aliphatic carbocycles. The van der Waals surface area contributed by atoms with E-state index in [1.54, 1.807) is 24.4 Å². The van der Waals surface area contributed by atoms with Crippen molar-refractivity contribution in [2.24, 2.45) is 5.92 Å². The lowest BCUT2D eigenvalue weighted by Gasteiger charge is -2.21. The summed E-state index contributed by atoms with van der Waals surface area (Å²) < 4.78 is 12.0. The van der Waals surface area contributed by atoms with E-state index in [0.717, 1.165) is 18.1 Å². The zero-order valence-electron chi connectivity index (χ0n) is 19.8. The van der Waals surface area contributed by atoms with Gasteiger partial charge in [0.25, 0.3) is 0 Å². The molecule has 7 nitrogen and oxygen atoms in total. The number of hydrogen-bond donors (Lipinski definition) is 1. The minimum absolute atomic E-state index is 0.249. The van der Waals surface area contributed by atoms with Crippen LogP contribution in [-0.4, -0.2) is 26.5 Å². The highest BCUT2D eigenvalue weighted by molar-refractivity contribution is 6.33. The molecule has 184 valence electrons. The maximum absolute atomic E-state index is 12.5. The Kier molecular flexibility index (Phi) is 7.57. The van der Waals surface area contributed by atoms with Crippen molar-refractivity contribution in [1.29, 1.82) is 0 Å². The van der Waals surface area contributed by atoms with Crippen LogP contribution in [0.5, 0.6) is 11.5 Å². The van der Waals surface area contributed by atoms with Gasteiger partial charge in [0.15, 0.2) is 5.82 Å². The Hall–Kier alpha value is -3.71. The number of hydrogen-bond acceptors (Lipinski definition) is 6. The van der Waals surface area contributed by atoms with E-state index >= 15 is 0 Å². The molecule has 1 saturated carbocycles. The molecule has 5 rings (SSSR count). The first-order chi connectivity index (χ1) is 17.7. The molecule has 2 aromatic carbocycles. The molecular formula is C28H27ClN4O3. The van der Waals surface area contributed by atoms with Gasteiger partial charge in [-0.05, 0) is 67.3 Å². The standard InChI is InChI=1S/C28H27ClN4O3/c29-23-10-6-11-24(36-18-21-9-4-5-16-30-21)25(23)27-31-26(32-28(34)33-27)20-12-14-22(15-13-20)35-17-19-7-2-1-3-8-19/h4-6,9-16,19H,1-3,7-8,17-18H2,(H,31,32,33,34). The molecule has 0 amide bonds. The van der Waals surface area contributed by atoms with Crippen LogP contribution < -0.4 is 15.2 Å². The Morgan fingerprint density at radius 1 is 0.917 bits per heavy atom. The molecule has 0 bridgehead atoms. The van der Waals surface area contributed by atoms with E-state index in [0.29, 0.717) is 33.6 Å². The van der Waals surface area contributed by atoms with Crippen LogP contribution in [0.4, 0.5) is 0 Å². The van der Waals surface area contributed by atoms with Gasteiger partial charge in [0.2, 0.25) is 0 Å². The Morgan fingerprint density at radius 2 is 1.75 bits per heavy atom. The third kappa shape index (κ3) is 5.91. The quantitative estimate of drug-likeness (QED) is 0.314. The van der Waals surface area contributed by atoms with Crippen LogP contribution in [0.15, 0.2) is 71.7 Å². The summed E-state index contributed by atoms with van der Waals surface area (Å²) in [7, 11) is 0. The summed E-state index contributed by atoms with van der Waals surface area (Å²) in [6.07, 6.45) is 8.08. The molecule has 8 heteroatoms. The number of aromatic amines is 1. The van der Waals surface area contributed by atoms with E-state index in [1.807, 2.05) is 42.5 Å². The molecule has 0 radical (unpaired) electrons. The average molecular weight is 503 g/mol. The first kappa shape index (κ1) is 24.0. The molecule has 0 aliphatic heterocycles. The van der Waals surface area contributed by atoms with Gasteiger partial charge in [-0.1, -0.05) is 43.0 Å². The smallest absolute Gasteiger partial charge is 0.348 e. The fourth-order valence-corrected chi connectivity index (χ4v) is 4.64. The number of benzene rings is 2. The molecule has 36 heavy (non-hydrogen) atoms. The van der Waals surface area contributed by atoms with Crippen molar-refractivity contribution in [3.8, 4) is 34.3 Å². The lowest BCUT2D eigenvalue weighted by Crippen LogP contribution is -2.15. The molecular weight excluding hydrogens is 476 g/mol. The fourth-order valence-electron chi connectivity index (χ4n) is 4.39. The van der Waals surface area contributed by atoms with Crippen LogP contribution in [-0.2, 0) is 6.61 Å².